The van der Waals surface area contributed by atoms with Gasteiger partial charge >= 0.3 is 5.97 Å². The molecule has 44 heavy (non-hydrogen) atoms. The smallest absolute Gasteiger partial charge is 0.350 e. The summed E-state index contributed by atoms with van der Waals surface area (Å²) in [6.45, 7) is 19.4. The highest BCUT2D eigenvalue weighted by Gasteiger charge is 2.58. The Morgan fingerprint density at radius 3 is 1.66 bits per heavy atom. The van der Waals surface area contributed by atoms with Crippen molar-refractivity contribution in [3.63, 3.8) is 0 Å². The first-order chi connectivity index (χ1) is 20.7. The summed E-state index contributed by atoms with van der Waals surface area (Å²) in [6.07, 6.45) is 6.20. The van der Waals surface area contributed by atoms with E-state index in [2.05, 4.69) is 109 Å². The highest BCUT2D eigenvalue weighted by molar-refractivity contribution is 7.97. The highest BCUT2D eigenvalue weighted by atomic mass is 32.2. The monoisotopic (exact) mass is 611 g/mol. The van der Waals surface area contributed by atoms with Crippen molar-refractivity contribution in [3.8, 4) is 5.75 Å². The molecule has 0 N–H and O–H groups in total. The van der Waals surface area contributed by atoms with E-state index < -0.39 is 5.60 Å². The van der Waals surface area contributed by atoms with Crippen LogP contribution in [-0.2, 0) is 25.8 Å². The largest absolute Gasteiger partial charge is 0.476 e. The summed E-state index contributed by atoms with van der Waals surface area (Å²) in [5.74, 6) is 3.20. The summed E-state index contributed by atoms with van der Waals surface area (Å²) in [6, 6.07) is 21.7. The molecule has 3 aromatic carbocycles. The van der Waals surface area contributed by atoms with Gasteiger partial charge in [-0.3, -0.25) is 0 Å². The predicted molar refractivity (Wildman–Crippen MR) is 181 cm³/mol. The van der Waals surface area contributed by atoms with E-state index in [0.717, 1.165) is 23.1 Å². The summed E-state index contributed by atoms with van der Waals surface area (Å²) < 4.78 is 13.5. The summed E-state index contributed by atoms with van der Waals surface area (Å²) in [5, 5.41) is 0. The molecule has 0 aromatic heterocycles. The number of rotatable bonds is 7. The van der Waals surface area contributed by atoms with Gasteiger partial charge in [0.25, 0.3) is 0 Å². The van der Waals surface area contributed by atoms with Gasteiger partial charge in [0.2, 0.25) is 0 Å². The molecule has 4 bridgehead atoms. The molecule has 3 nitrogen and oxygen atoms in total. The number of carbonyl (C=O) groups excluding carboxylic acids is 1. The second-order valence-electron chi connectivity index (χ2n) is 15.6. The van der Waals surface area contributed by atoms with Crippen molar-refractivity contribution in [1.82, 2.24) is 0 Å². The van der Waals surface area contributed by atoms with Crippen LogP contribution < -0.4 is 4.74 Å². The lowest BCUT2D eigenvalue weighted by Gasteiger charge is -2.59. The molecule has 234 valence electrons. The molecule has 4 aliphatic rings. The van der Waals surface area contributed by atoms with Gasteiger partial charge in [0.05, 0.1) is 10.9 Å². The molecule has 0 unspecified atom stereocenters. The van der Waals surface area contributed by atoms with E-state index in [9.17, 15) is 4.79 Å². The molecule has 4 heteroatoms. The summed E-state index contributed by atoms with van der Waals surface area (Å²) in [5.41, 5.74) is 3.01. The molecule has 3 aromatic rings. The Labute approximate surface area is 268 Å². The van der Waals surface area contributed by atoms with Gasteiger partial charge in [-0.15, -0.1) is 0 Å². The second-order valence-corrected chi connectivity index (χ2v) is 17.5. The number of hydrogen-bond donors (Lipinski definition) is 0. The van der Waals surface area contributed by atoms with Gasteiger partial charge in [0.15, 0.2) is 20.3 Å². The number of carbonyl (C=O) groups is 1. The van der Waals surface area contributed by atoms with Crippen LogP contribution in [0.5, 0.6) is 5.75 Å². The quantitative estimate of drug-likeness (QED) is 0.197. The molecule has 4 fully saturated rings. The fourth-order valence-corrected chi connectivity index (χ4v) is 11.3. The van der Waals surface area contributed by atoms with Gasteiger partial charge in [-0.1, -0.05) is 57.2 Å². The number of benzene rings is 3. The maximum atomic E-state index is 14.1. The van der Waals surface area contributed by atoms with Crippen molar-refractivity contribution >= 4 is 16.9 Å². The van der Waals surface area contributed by atoms with Gasteiger partial charge in [-0.25, -0.2) is 4.79 Å². The van der Waals surface area contributed by atoms with Gasteiger partial charge in [0, 0.05) is 16.7 Å². The molecule has 0 aliphatic heterocycles. The fraction of sp³-hybridized carbons (Fsp3) is 0.525. The molecule has 7 rings (SSSR count). The van der Waals surface area contributed by atoms with Crippen LogP contribution in [0, 0.1) is 44.4 Å². The lowest BCUT2D eigenvalue weighted by atomic mass is 9.50. The van der Waals surface area contributed by atoms with Crippen molar-refractivity contribution in [2.45, 2.75) is 126 Å². The standard InChI is InChI=1S/C40H51O3S/c1-25-26(2)36(44(32-16-12-10-13-17-32)33-18-14-11-15-19-33)27(3)34(38(4,5)6)35(25)42-39(7,8)37(41)43-40(9)30-21-28-20-29(23-30)24-31(40)22-28/h10-19,28-31H,20-24H2,1-9H3/q+1. The fourth-order valence-electron chi connectivity index (χ4n) is 8.82. The number of esters is 1. The van der Waals surface area contributed by atoms with Crippen molar-refractivity contribution in [3.05, 3.63) is 82.9 Å². The SMILES string of the molecule is Cc1c(C)c([S+](c2ccccc2)c2ccccc2)c(C)c(C(C)(C)C)c1OC(C)(C)C(=O)OC1(C)C2CC3CC(C2)CC1C3. The minimum absolute atomic E-state index is 0.206. The van der Waals surface area contributed by atoms with E-state index in [1.807, 2.05) is 13.8 Å². The Morgan fingerprint density at radius 2 is 1.20 bits per heavy atom. The average molecular weight is 612 g/mol. The van der Waals surface area contributed by atoms with E-state index in [4.69, 9.17) is 9.47 Å². The molecule has 0 spiro atoms. The third-order valence-corrected chi connectivity index (χ3v) is 13.5. The molecular formula is C40H51O3S+. The third kappa shape index (κ3) is 5.40. The summed E-state index contributed by atoms with van der Waals surface area (Å²) in [4.78, 5) is 18.0. The van der Waals surface area contributed by atoms with Crippen molar-refractivity contribution < 1.29 is 14.3 Å². The van der Waals surface area contributed by atoms with Crippen LogP contribution in [-0.4, -0.2) is 17.2 Å². The second kappa shape index (κ2) is 11.3. The Balaban J connectivity index is 1.40. The van der Waals surface area contributed by atoms with Gasteiger partial charge in [-0.2, -0.15) is 0 Å². The zero-order valence-corrected chi connectivity index (χ0v) is 29.1. The van der Waals surface area contributed by atoms with Crippen LogP contribution in [0.4, 0.5) is 0 Å². The highest BCUT2D eigenvalue weighted by Crippen LogP contribution is 2.59. The van der Waals surface area contributed by atoms with Crippen molar-refractivity contribution in [2.75, 3.05) is 0 Å². The molecule has 0 radical (unpaired) electrons. The Hall–Kier alpha value is -2.72. The van der Waals surface area contributed by atoms with Gasteiger partial charge in [0.1, 0.15) is 11.4 Å². The summed E-state index contributed by atoms with van der Waals surface area (Å²) >= 11 is 0. The zero-order chi connectivity index (χ0) is 31.6. The Bertz CT molecular complexity index is 1470. The predicted octanol–water partition coefficient (Wildman–Crippen LogP) is 9.92. The molecule has 0 saturated heterocycles. The minimum Gasteiger partial charge on any atom is -0.476 e. The number of hydrogen-bond acceptors (Lipinski definition) is 3. The number of ether oxygens (including phenoxy) is 2. The van der Waals surface area contributed by atoms with Gasteiger partial charge < -0.3 is 9.47 Å². The Kier molecular flexibility index (Phi) is 8.01. The maximum Gasteiger partial charge on any atom is 0.350 e. The minimum atomic E-state index is -1.12. The maximum absolute atomic E-state index is 14.1. The molecular weight excluding hydrogens is 561 g/mol. The lowest BCUT2D eigenvalue weighted by molar-refractivity contribution is -0.214. The first-order valence-electron chi connectivity index (χ1n) is 16.6. The van der Waals surface area contributed by atoms with E-state index >= 15 is 0 Å². The molecule has 4 saturated carbocycles. The van der Waals surface area contributed by atoms with Crippen LogP contribution in [0.15, 0.2) is 75.4 Å². The lowest BCUT2D eigenvalue weighted by Crippen LogP contribution is -2.59. The van der Waals surface area contributed by atoms with Crippen molar-refractivity contribution in [2.24, 2.45) is 23.7 Å². The van der Waals surface area contributed by atoms with Crippen LogP contribution in [0.3, 0.4) is 0 Å². The molecule has 0 amide bonds. The first-order valence-corrected chi connectivity index (χ1v) is 17.8. The van der Waals surface area contributed by atoms with Crippen LogP contribution in [0.2, 0.25) is 0 Å². The summed E-state index contributed by atoms with van der Waals surface area (Å²) in [7, 11) is -0.293. The zero-order valence-electron chi connectivity index (χ0n) is 28.3. The normalized spacial score (nSPS) is 26.2. The molecule has 0 heterocycles. The molecule has 4 aliphatic carbocycles. The van der Waals surface area contributed by atoms with Crippen LogP contribution in [0.25, 0.3) is 0 Å². The van der Waals surface area contributed by atoms with Crippen LogP contribution in [0.1, 0.15) is 95.9 Å². The van der Waals surface area contributed by atoms with E-state index in [1.54, 1.807) is 0 Å². The van der Waals surface area contributed by atoms with Crippen molar-refractivity contribution in [1.29, 1.82) is 0 Å². The Morgan fingerprint density at radius 1 is 0.727 bits per heavy atom. The molecule has 0 atom stereocenters. The van der Waals surface area contributed by atoms with E-state index in [0.29, 0.717) is 11.8 Å². The third-order valence-electron chi connectivity index (χ3n) is 11.0. The average Bonchev–Trinajstić information content (AvgIpc) is 2.96. The van der Waals surface area contributed by atoms with E-state index in [1.165, 1.54) is 63.5 Å². The van der Waals surface area contributed by atoms with E-state index in [-0.39, 0.29) is 27.9 Å². The van der Waals surface area contributed by atoms with Gasteiger partial charge in [-0.05, 0) is 133 Å². The first kappa shape index (κ1) is 31.3. The topological polar surface area (TPSA) is 35.5 Å². The van der Waals surface area contributed by atoms with Crippen LogP contribution >= 0.6 is 0 Å².